The van der Waals surface area contributed by atoms with Gasteiger partial charge in [0.1, 0.15) is 86.9 Å². The number of alkyl carbamates (subject to hydrolysis) is 2. The van der Waals surface area contributed by atoms with Crippen LogP contribution in [-0.2, 0) is 109 Å². The number of amides is 2. The number of aliphatic imine (C=N–C) groups is 4. The van der Waals surface area contributed by atoms with Gasteiger partial charge in [0.25, 0.3) is 6.47 Å². The van der Waals surface area contributed by atoms with Crippen molar-refractivity contribution in [3.8, 4) is 5.06 Å². The fraction of sp³-hybridized carbons (Fsp3) is 0.667. The lowest BCUT2D eigenvalue weighted by molar-refractivity contribution is -0.193. The molecule has 4 aliphatic carbocycles. The van der Waals surface area contributed by atoms with Crippen molar-refractivity contribution in [2.45, 2.75) is 317 Å². The minimum Gasteiger partial charge on any atom is -0.444 e. The Morgan fingerprint density at radius 2 is 0.680 bits per heavy atom. The third-order valence-electron chi connectivity index (χ3n) is 21.4. The van der Waals surface area contributed by atoms with Gasteiger partial charge in [0.15, 0.2) is 44.4 Å². The first-order chi connectivity index (χ1) is 57.3. The van der Waals surface area contributed by atoms with Crippen LogP contribution in [0.5, 0.6) is 5.06 Å². The number of thiophene rings is 4. The minimum atomic E-state index is -3.72. The van der Waals surface area contributed by atoms with E-state index in [2.05, 4.69) is 41.3 Å². The summed E-state index contributed by atoms with van der Waals surface area (Å²) in [6, 6.07) is 6.91. The van der Waals surface area contributed by atoms with E-state index in [1.807, 2.05) is 32.9 Å². The Labute approximate surface area is 776 Å². The highest BCUT2D eigenvalue weighted by molar-refractivity contribution is 9.11. The summed E-state index contributed by atoms with van der Waals surface area (Å²) >= 11 is 34.1. The van der Waals surface area contributed by atoms with Gasteiger partial charge in [0.2, 0.25) is 0 Å². The van der Waals surface area contributed by atoms with E-state index in [0.29, 0.717) is 76.2 Å². The van der Waals surface area contributed by atoms with Gasteiger partial charge in [-0.2, -0.15) is 19.2 Å². The van der Waals surface area contributed by atoms with Gasteiger partial charge in [0.05, 0.1) is 66.4 Å². The Bertz CT molecular complexity index is 5130. The molecule has 0 radical (unpaired) electrons. The van der Waals surface area contributed by atoms with E-state index in [1.54, 1.807) is 110 Å². The Kier molecular flexibility index (Phi) is 35.9. The topological polar surface area (TPSA) is 471 Å². The second-order valence-corrected chi connectivity index (χ2v) is 53.3. The zero-order valence-electron chi connectivity index (χ0n) is 73.3. The summed E-state index contributed by atoms with van der Waals surface area (Å²) in [7, 11) is -14.1. The summed E-state index contributed by atoms with van der Waals surface area (Å²) in [5.74, 6) is 0.400. The molecule has 0 aromatic carbocycles. The number of aryl methyl sites for hydroxylation is 2. The van der Waals surface area contributed by atoms with E-state index in [1.165, 1.54) is 40.1 Å². The lowest BCUT2D eigenvalue weighted by Crippen LogP contribution is -2.61. The van der Waals surface area contributed by atoms with Gasteiger partial charge in [-0.25, -0.2) is 52.8 Å². The number of amidine groups is 4. The average Bonchev–Trinajstić information content (AvgIpc) is 1.69. The van der Waals surface area contributed by atoms with Crippen LogP contribution in [0.1, 0.15) is 268 Å². The molecule has 4 spiro atoms. The maximum Gasteiger partial charge on any atom is 0.519 e. The molecule has 125 heavy (non-hydrogen) atoms. The first-order valence-electron chi connectivity index (χ1n) is 40.2. The number of ether oxygens (including phenoxy) is 6. The molecule has 8 aliphatic rings. The van der Waals surface area contributed by atoms with Crippen molar-refractivity contribution in [3.05, 3.63) is 77.4 Å². The van der Waals surface area contributed by atoms with E-state index in [9.17, 15) is 57.6 Å². The van der Waals surface area contributed by atoms with E-state index in [0.717, 1.165) is 112 Å². The normalized spacial score (nSPS) is 24.4. The quantitative estimate of drug-likeness (QED) is 0.0603. The zero-order chi connectivity index (χ0) is 94.8. The van der Waals surface area contributed by atoms with Gasteiger partial charge in [-0.1, -0.05) is 135 Å². The molecule has 44 heteroatoms. The van der Waals surface area contributed by atoms with Crippen LogP contribution in [0.3, 0.4) is 0 Å². The molecule has 4 fully saturated rings. The monoisotopic (exact) mass is 2040 g/mol. The highest BCUT2D eigenvalue weighted by atomic mass is 79.9. The van der Waals surface area contributed by atoms with E-state index in [-0.39, 0.29) is 75.2 Å². The molecule has 8 heterocycles. The van der Waals surface area contributed by atoms with Crippen molar-refractivity contribution < 1.29 is 105 Å². The first kappa shape index (κ1) is 108. The lowest BCUT2D eigenvalue weighted by Gasteiger charge is -2.44. The molecule has 0 unspecified atom stereocenters. The van der Waals surface area contributed by atoms with Gasteiger partial charge in [0, 0.05) is 15.8 Å². The molecular formula is C81H113BrCl4N8O23S8. The average molecular weight is 2050 g/mol. The van der Waals surface area contributed by atoms with Crippen molar-refractivity contribution in [3.63, 3.8) is 0 Å². The summed E-state index contributed by atoms with van der Waals surface area (Å²) in [6.07, 6.45) is 11.6. The lowest BCUT2D eigenvalue weighted by atomic mass is 9.86. The first-order valence-corrected chi connectivity index (χ1v) is 52.3. The Balaban J connectivity index is 0.000000241. The molecule has 0 saturated heterocycles. The molecule has 4 aromatic heterocycles. The minimum absolute atomic E-state index is 0.0135. The Morgan fingerprint density at radius 1 is 0.424 bits per heavy atom. The third-order valence-corrected chi connectivity index (χ3v) is 39.8. The largest absolute Gasteiger partial charge is 0.519 e. The number of nitrogens with two attached hydrogens (primary N) is 2. The molecule has 4 atom stereocenters. The molecular weight excluding hydrogens is 1930 g/mol. The van der Waals surface area contributed by atoms with E-state index >= 15 is 0 Å². The van der Waals surface area contributed by atoms with Crippen molar-refractivity contribution in [1.82, 2.24) is 10.6 Å². The molecule has 12 rings (SSSR count). The predicted molar refractivity (Wildman–Crippen MR) is 489 cm³/mol. The molecule has 2 amide bonds. The molecule has 4 aromatic rings. The molecule has 6 N–H and O–H groups in total. The Hall–Kier alpha value is -5.97. The van der Waals surface area contributed by atoms with Crippen LogP contribution in [-0.4, -0.2) is 165 Å². The van der Waals surface area contributed by atoms with E-state index in [4.69, 9.17) is 111 Å². The van der Waals surface area contributed by atoms with Gasteiger partial charge in [-0.05, 0) is 210 Å². The highest BCUT2D eigenvalue weighted by Gasteiger charge is 2.61. The third kappa shape index (κ3) is 26.5. The number of sulfone groups is 4. The van der Waals surface area contributed by atoms with Crippen molar-refractivity contribution in [2.24, 2.45) is 31.4 Å². The number of halogens is 5. The number of hydrogen-bond donors (Lipinski definition) is 4. The fourth-order valence-electron chi connectivity index (χ4n) is 16.3. The summed E-state index contributed by atoms with van der Waals surface area (Å²) in [6.45, 7) is 31.7. The van der Waals surface area contributed by atoms with Crippen LogP contribution in [0.4, 0.5) is 19.2 Å². The van der Waals surface area contributed by atoms with Gasteiger partial charge in [-0.3, -0.25) is 35.4 Å². The number of nitrogens with zero attached hydrogens (tertiary/aromatic N) is 4. The van der Waals surface area contributed by atoms with Crippen molar-refractivity contribution in [2.75, 3.05) is 23.0 Å². The van der Waals surface area contributed by atoms with Crippen molar-refractivity contribution >= 4 is 214 Å². The SMILES string of the molecule is CC(C)(C)OC(=O)NC1=N[C@](C)(c2sc(OC=O)cc2Cl)CS(=O)(=O)C12CCCCC2.CC(C)(C)OC(=O)OC(=O)OC(C)(C)C.C[C@@]1(c2sc(Br)cc2Cl)CS(=O)(=O)C2(CCCCC2)C(N)=N1.Cc1cc(Cl)c([C@]2(C)CS(=O)(=O)C3(CCCCC3)C(N)=N2)s1.Cc1cc(Cl)c([C@]2(C)CS(=O)(=O)C3(CCCCC3)C(NC(=O)OC(C)(C)C)=N2)s1.O=C=O.O=C=O. The number of carbonyl (C=O) groups excluding carboxylic acids is 9. The molecule has 698 valence electrons. The maximum atomic E-state index is 13.7. The Morgan fingerprint density at radius 3 is 0.936 bits per heavy atom. The number of nitrogens with one attached hydrogen (secondary N) is 2. The van der Waals surface area contributed by atoms with Gasteiger partial charge in [-0.15, -0.1) is 34.0 Å². The van der Waals surface area contributed by atoms with Crippen LogP contribution in [0, 0.1) is 13.8 Å². The standard InChI is InChI=1S/C20H27ClN2O6S2.C20H29ClN2O4S2.C15H21ClN2O2S2.C14H18BrClN2O2S2.C10H18O5.2CO2/c1-18(2,3)29-17(25)22-16-20(8-6-5-7-9-20)31(26,27)11-19(4,23-16)15-13(21)10-14(30-15)28-12-24;1-13-11-14(21)15(28-13)19(5)12-29(25,26)20(9-7-6-8-10-20)16(23-19)22-17(24)27-18(2,3)4;1-10-8-11(16)12(21-10)14(2)9-22(19,20)15(13(17)18-14)6-4-3-5-7-15;1-13(11-9(16)7-10(15)21-11)8-22(19,20)14(12(17)18-13)5-3-2-4-6-14;1-9(2,3)14-7(11)13-8(12)15-10(4,5)6;2*2-1-3/h10,12H,5-9,11H2,1-4H3,(H,22,23,25);11H,6-10,12H2,1-5H3,(H,22,23,24);8H,3-7,9H2,1-2H3,(H2,17,18);7H,2-6,8H2,1H3,(H2,17,18);1-6H3;;/t2*19-;14-;13-;;;/m0000.../s1. The maximum absolute atomic E-state index is 13.7. The van der Waals surface area contributed by atoms with Gasteiger partial charge >= 0.3 is 36.8 Å². The summed E-state index contributed by atoms with van der Waals surface area (Å²) < 4.78 is 133. The second-order valence-electron chi connectivity index (χ2n) is 36.5. The fourth-order valence-corrected chi connectivity index (χ4v) is 33.5. The number of rotatable bonds is 6. The van der Waals surface area contributed by atoms with Crippen LogP contribution in [0.25, 0.3) is 0 Å². The zero-order valence-corrected chi connectivity index (χ0v) is 84.5. The van der Waals surface area contributed by atoms with E-state index < -0.39 is 127 Å². The number of carbonyl (C=O) groups is 5. The molecule has 31 nitrogen and oxygen atoms in total. The molecule has 4 aliphatic heterocycles. The summed E-state index contributed by atoms with van der Waals surface area (Å²) in [5, 5.41) is 7.47. The summed E-state index contributed by atoms with van der Waals surface area (Å²) in [4.78, 5) is 114. The molecule has 0 bridgehead atoms. The van der Waals surface area contributed by atoms with Crippen LogP contribution >= 0.6 is 108 Å². The number of hydrogen-bond acceptors (Lipinski definition) is 33. The van der Waals surface area contributed by atoms with Crippen molar-refractivity contribution in [1.29, 1.82) is 0 Å². The van der Waals surface area contributed by atoms with Crippen LogP contribution < -0.4 is 26.8 Å². The van der Waals surface area contributed by atoms with Crippen LogP contribution in [0.2, 0.25) is 20.1 Å². The second kappa shape index (κ2) is 41.6. The smallest absolute Gasteiger partial charge is 0.444 e. The highest BCUT2D eigenvalue weighted by Crippen LogP contribution is 2.54. The molecule has 4 saturated carbocycles. The van der Waals surface area contributed by atoms with Crippen LogP contribution in [0.15, 0.2) is 48.0 Å². The summed E-state index contributed by atoms with van der Waals surface area (Å²) in [5.41, 5.74) is 5.51. The van der Waals surface area contributed by atoms with Gasteiger partial charge < -0.3 is 39.9 Å². The predicted octanol–water partition coefficient (Wildman–Crippen LogP) is 18.2.